The minimum Gasteiger partial charge on any atom is -0.368 e. The lowest BCUT2D eigenvalue weighted by atomic mass is 10.1. The van der Waals surface area contributed by atoms with E-state index >= 15 is 0 Å². The molecule has 0 aliphatic carbocycles. The summed E-state index contributed by atoms with van der Waals surface area (Å²) >= 11 is 5.88. The topological polar surface area (TPSA) is 35.6 Å². The van der Waals surface area contributed by atoms with Crippen LogP contribution in [0.2, 0.25) is 5.02 Å². The van der Waals surface area contributed by atoms with E-state index in [4.69, 9.17) is 11.6 Å². The lowest BCUT2D eigenvalue weighted by Crippen LogP contribution is -2.52. The number of carbonyl (C=O) groups is 1. The summed E-state index contributed by atoms with van der Waals surface area (Å²) in [4.78, 5) is 16.5. The van der Waals surface area contributed by atoms with Crippen LogP contribution in [0.15, 0.2) is 48.5 Å². The van der Waals surface area contributed by atoms with Crippen LogP contribution >= 0.6 is 11.6 Å². The average molecular weight is 358 g/mol. The van der Waals surface area contributed by atoms with Crippen LogP contribution in [0.5, 0.6) is 0 Å². The second kappa shape index (κ2) is 8.26. The SMILES string of the molecule is Cc1cccc(N2CCN(C(=O)NCCc3ccc(Cl)cc3)CC2)c1. The molecule has 0 atom stereocenters. The number of anilines is 1. The van der Waals surface area contributed by atoms with Gasteiger partial charge in [-0.1, -0.05) is 35.9 Å². The van der Waals surface area contributed by atoms with E-state index in [1.54, 1.807) is 0 Å². The van der Waals surface area contributed by atoms with Crippen molar-refractivity contribution in [3.05, 3.63) is 64.7 Å². The van der Waals surface area contributed by atoms with Crippen molar-refractivity contribution in [1.29, 1.82) is 0 Å². The Bertz CT molecular complexity index is 709. The van der Waals surface area contributed by atoms with Crippen molar-refractivity contribution in [3.8, 4) is 0 Å². The zero-order valence-corrected chi connectivity index (χ0v) is 15.3. The lowest BCUT2D eigenvalue weighted by Gasteiger charge is -2.36. The van der Waals surface area contributed by atoms with Crippen molar-refractivity contribution in [1.82, 2.24) is 10.2 Å². The molecule has 2 aromatic carbocycles. The van der Waals surface area contributed by atoms with Crippen molar-refractivity contribution < 1.29 is 4.79 Å². The number of rotatable bonds is 4. The van der Waals surface area contributed by atoms with E-state index in [9.17, 15) is 4.79 Å². The van der Waals surface area contributed by atoms with Crippen LogP contribution in [0.4, 0.5) is 10.5 Å². The van der Waals surface area contributed by atoms with E-state index in [1.165, 1.54) is 16.8 Å². The largest absolute Gasteiger partial charge is 0.368 e. The molecule has 1 fully saturated rings. The van der Waals surface area contributed by atoms with Crippen molar-refractivity contribution in [3.63, 3.8) is 0 Å². The van der Waals surface area contributed by atoms with Crippen LogP contribution < -0.4 is 10.2 Å². The van der Waals surface area contributed by atoms with E-state index < -0.39 is 0 Å². The smallest absolute Gasteiger partial charge is 0.317 e. The van der Waals surface area contributed by atoms with Gasteiger partial charge < -0.3 is 15.1 Å². The number of amides is 2. The van der Waals surface area contributed by atoms with Crippen LogP contribution in [0.1, 0.15) is 11.1 Å². The first-order chi connectivity index (χ1) is 12.1. The molecular weight excluding hydrogens is 334 g/mol. The molecule has 3 rings (SSSR count). The van der Waals surface area contributed by atoms with Gasteiger partial charge >= 0.3 is 6.03 Å². The van der Waals surface area contributed by atoms with Gasteiger partial charge in [-0.15, -0.1) is 0 Å². The molecule has 0 unspecified atom stereocenters. The highest BCUT2D eigenvalue weighted by atomic mass is 35.5. The molecule has 2 amide bonds. The maximum atomic E-state index is 12.3. The van der Waals surface area contributed by atoms with Crippen LogP contribution in [-0.4, -0.2) is 43.7 Å². The number of halogens is 1. The summed E-state index contributed by atoms with van der Waals surface area (Å²) in [6.07, 6.45) is 0.812. The van der Waals surface area contributed by atoms with Gasteiger partial charge in [0.05, 0.1) is 0 Å². The highest BCUT2D eigenvalue weighted by molar-refractivity contribution is 6.30. The number of piperazine rings is 1. The maximum Gasteiger partial charge on any atom is 0.317 e. The predicted molar refractivity (Wildman–Crippen MR) is 104 cm³/mol. The molecule has 0 spiro atoms. The maximum absolute atomic E-state index is 12.3. The molecule has 1 N–H and O–H groups in total. The highest BCUT2D eigenvalue weighted by Gasteiger charge is 2.20. The van der Waals surface area contributed by atoms with E-state index in [0.717, 1.165) is 37.6 Å². The summed E-state index contributed by atoms with van der Waals surface area (Å²) < 4.78 is 0. The first kappa shape index (κ1) is 17.6. The lowest BCUT2D eigenvalue weighted by molar-refractivity contribution is 0.194. The Morgan fingerprint density at radius 3 is 2.48 bits per heavy atom. The van der Waals surface area contributed by atoms with Crippen LogP contribution in [-0.2, 0) is 6.42 Å². The fraction of sp³-hybridized carbons (Fsp3) is 0.350. The number of nitrogens with zero attached hydrogens (tertiary/aromatic N) is 2. The Morgan fingerprint density at radius 2 is 1.80 bits per heavy atom. The third kappa shape index (κ3) is 4.89. The van der Waals surface area contributed by atoms with E-state index in [-0.39, 0.29) is 6.03 Å². The molecule has 0 radical (unpaired) electrons. The predicted octanol–water partition coefficient (Wildman–Crippen LogP) is 3.72. The molecule has 132 valence electrons. The van der Waals surface area contributed by atoms with Crippen LogP contribution in [0.25, 0.3) is 0 Å². The third-order valence-corrected chi connectivity index (χ3v) is 4.79. The Hall–Kier alpha value is -2.20. The number of hydrogen-bond acceptors (Lipinski definition) is 2. The van der Waals surface area contributed by atoms with E-state index in [1.807, 2.05) is 29.2 Å². The van der Waals surface area contributed by atoms with Crippen molar-refractivity contribution in [2.45, 2.75) is 13.3 Å². The highest BCUT2D eigenvalue weighted by Crippen LogP contribution is 2.17. The average Bonchev–Trinajstić information content (AvgIpc) is 2.63. The van der Waals surface area contributed by atoms with Gasteiger partial charge in [0.15, 0.2) is 0 Å². The Labute approximate surface area is 154 Å². The quantitative estimate of drug-likeness (QED) is 0.905. The molecule has 4 nitrogen and oxygen atoms in total. The van der Waals surface area contributed by atoms with E-state index in [0.29, 0.717) is 6.54 Å². The molecule has 1 saturated heterocycles. The van der Waals surface area contributed by atoms with E-state index in [2.05, 4.69) is 41.4 Å². The monoisotopic (exact) mass is 357 g/mol. The summed E-state index contributed by atoms with van der Waals surface area (Å²) in [6.45, 7) is 5.98. The number of aryl methyl sites for hydroxylation is 1. The number of nitrogens with one attached hydrogen (secondary N) is 1. The molecule has 0 saturated carbocycles. The van der Waals surface area contributed by atoms with Crippen LogP contribution in [0.3, 0.4) is 0 Å². The standard InChI is InChI=1S/C20H24ClN3O/c1-16-3-2-4-19(15-16)23-11-13-24(14-12-23)20(25)22-10-9-17-5-7-18(21)8-6-17/h2-8,15H,9-14H2,1H3,(H,22,25). The number of urea groups is 1. The zero-order valence-electron chi connectivity index (χ0n) is 14.5. The van der Waals surface area contributed by atoms with Crippen molar-refractivity contribution in [2.75, 3.05) is 37.6 Å². The normalized spacial score (nSPS) is 14.5. The van der Waals surface area contributed by atoms with Gasteiger partial charge in [0.25, 0.3) is 0 Å². The molecule has 0 aromatic heterocycles. The van der Waals surface area contributed by atoms with Gasteiger partial charge in [-0.25, -0.2) is 4.79 Å². The number of benzene rings is 2. The van der Waals surface area contributed by atoms with Gasteiger partial charge in [-0.05, 0) is 48.7 Å². The van der Waals surface area contributed by atoms with Gasteiger partial charge in [-0.3, -0.25) is 0 Å². The second-order valence-corrected chi connectivity index (χ2v) is 6.86. The minimum atomic E-state index is 0.0258. The molecule has 25 heavy (non-hydrogen) atoms. The molecule has 1 heterocycles. The van der Waals surface area contributed by atoms with Crippen molar-refractivity contribution in [2.24, 2.45) is 0 Å². The summed E-state index contributed by atoms with van der Waals surface area (Å²) in [6, 6.07) is 16.3. The minimum absolute atomic E-state index is 0.0258. The van der Waals surface area contributed by atoms with Gasteiger partial charge in [-0.2, -0.15) is 0 Å². The summed E-state index contributed by atoms with van der Waals surface area (Å²) in [7, 11) is 0. The van der Waals surface area contributed by atoms with Crippen molar-refractivity contribution >= 4 is 23.3 Å². The molecule has 1 aliphatic heterocycles. The number of hydrogen-bond donors (Lipinski definition) is 1. The van der Waals surface area contributed by atoms with Gasteiger partial charge in [0, 0.05) is 43.4 Å². The number of carbonyl (C=O) groups excluding carboxylic acids is 1. The van der Waals surface area contributed by atoms with Gasteiger partial charge in [0.1, 0.15) is 0 Å². The summed E-state index contributed by atoms with van der Waals surface area (Å²) in [5.74, 6) is 0. The molecular formula is C20H24ClN3O. The summed E-state index contributed by atoms with van der Waals surface area (Å²) in [5.41, 5.74) is 3.68. The Morgan fingerprint density at radius 1 is 1.08 bits per heavy atom. The molecule has 2 aromatic rings. The molecule has 1 aliphatic rings. The Kier molecular flexibility index (Phi) is 5.82. The fourth-order valence-corrected chi connectivity index (χ4v) is 3.20. The first-order valence-corrected chi connectivity index (χ1v) is 9.08. The second-order valence-electron chi connectivity index (χ2n) is 6.42. The third-order valence-electron chi connectivity index (χ3n) is 4.54. The summed E-state index contributed by atoms with van der Waals surface area (Å²) in [5, 5.41) is 3.75. The molecule has 0 bridgehead atoms. The van der Waals surface area contributed by atoms with Gasteiger partial charge in [0.2, 0.25) is 0 Å². The molecule has 5 heteroatoms. The van der Waals surface area contributed by atoms with Crippen LogP contribution in [0, 0.1) is 6.92 Å². The first-order valence-electron chi connectivity index (χ1n) is 8.71. The fourth-order valence-electron chi connectivity index (χ4n) is 3.07. The zero-order chi connectivity index (χ0) is 17.6. The Balaban J connectivity index is 1.43.